The minimum Gasteiger partial charge on any atom is -0.397 e. The summed E-state index contributed by atoms with van der Waals surface area (Å²) in [6, 6.07) is 5.67. The number of anilines is 1. The van der Waals surface area contributed by atoms with Crippen LogP contribution in [0.15, 0.2) is 22.7 Å². The third-order valence-electron chi connectivity index (χ3n) is 2.67. The van der Waals surface area contributed by atoms with Crippen LogP contribution >= 0.6 is 27.3 Å². The van der Waals surface area contributed by atoms with Crippen LogP contribution in [0.5, 0.6) is 0 Å². The highest BCUT2D eigenvalue weighted by Crippen LogP contribution is 2.35. The minimum atomic E-state index is -0.541. The van der Waals surface area contributed by atoms with E-state index in [2.05, 4.69) is 21.2 Å². The van der Waals surface area contributed by atoms with E-state index in [-0.39, 0.29) is 25.7 Å². The van der Waals surface area contributed by atoms with Crippen molar-refractivity contribution in [1.82, 2.24) is 5.32 Å². The molecule has 0 atom stereocenters. The lowest BCUT2D eigenvalue weighted by Crippen LogP contribution is -2.28. The first-order chi connectivity index (χ1) is 9.99. The average molecular weight is 372 g/mol. The van der Waals surface area contributed by atoms with Crippen molar-refractivity contribution < 1.29 is 14.3 Å². The number of benzene rings is 1. The van der Waals surface area contributed by atoms with Crippen LogP contribution in [0.2, 0.25) is 0 Å². The lowest BCUT2D eigenvalue weighted by molar-refractivity contribution is -0.122. The molecule has 6 nitrogen and oxygen atoms in total. The molecule has 5 N–H and O–H groups in total. The Hall–Kier alpha value is -1.64. The molecule has 0 unspecified atom stereocenters. The third-order valence-corrected chi connectivity index (χ3v) is 4.33. The largest absolute Gasteiger partial charge is 0.397 e. The molecule has 0 bridgehead atoms. The van der Waals surface area contributed by atoms with E-state index in [1.54, 1.807) is 0 Å². The van der Waals surface area contributed by atoms with Crippen molar-refractivity contribution in [3.8, 4) is 0 Å². The molecule has 1 aromatic carbocycles. The number of thiophene rings is 1. The van der Waals surface area contributed by atoms with E-state index in [1.807, 2.05) is 18.2 Å². The van der Waals surface area contributed by atoms with Crippen LogP contribution in [-0.4, -0.2) is 31.6 Å². The normalized spacial score (nSPS) is 10.7. The molecule has 0 saturated carbocycles. The zero-order chi connectivity index (χ0) is 15.4. The Morgan fingerprint density at radius 3 is 2.86 bits per heavy atom. The standard InChI is InChI=1S/C13H14BrN3O3S/c14-7-1-2-8-9(5-7)21-12(11(8)16)13(19)17-3-4-20-6-10(15)18/h1-2,5H,3-4,6,16H2,(H2,15,18)(H,17,19). The number of primary amides is 1. The Morgan fingerprint density at radius 1 is 1.38 bits per heavy atom. The summed E-state index contributed by atoms with van der Waals surface area (Å²) in [5.74, 6) is -0.798. The second kappa shape index (κ2) is 6.88. The molecule has 0 fully saturated rings. The summed E-state index contributed by atoms with van der Waals surface area (Å²) in [6.07, 6.45) is 0. The number of ether oxygens (including phenoxy) is 1. The Bertz CT molecular complexity index is 687. The Balaban J connectivity index is 1.99. The van der Waals surface area contributed by atoms with Crippen molar-refractivity contribution >= 4 is 54.9 Å². The number of carbonyl (C=O) groups excluding carboxylic acids is 2. The van der Waals surface area contributed by atoms with E-state index in [4.69, 9.17) is 16.2 Å². The number of amides is 2. The molecular formula is C13H14BrN3O3S. The van der Waals surface area contributed by atoms with Gasteiger partial charge >= 0.3 is 0 Å². The first kappa shape index (κ1) is 15.7. The van der Waals surface area contributed by atoms with Crippen molar-refractivity contribution in [1.29, 1.82) is 0 Å². The number of nitrogen functional groups attached to an aromatic ring is 1. The SMILES string of the molecule is NC(=O)COCCNC(=O)c1sc2cc(Br)ccc2c1N. The quantitative estimate of drug-likeness (QED) is 0.668. The molecule has 112 valence electrons. The molecule has 0 aliphatic heterocycles. The van der Waals surface area contributed by atoms with Crippen molar-refractivity contribution in [2.75, 3.05) is 25.5 Å². The van der Waals surface area contributed by atoms with Gasteiger partial charge in [-0.05, 0) is 12.1 Å². The maximum absolute atomic E-state index is 12.1. The first-order valence-corrected chi connectivity index (χ1v) is 7.71. The Kier molecular flexibility index (Phi) is 5.16. The van der Waals surface area contributed by atoms with Gasteiger partial charge in [0, 0.05) is 21.1 Å². The van der Waals surface area contributed by atoms with Crippen LogP contribution in [0.3, 0.4) is 0 Å². The van der Waals surface area contributed by atoms with Gasteiger partial charge in [-0.1, -0.05) is 22.0 Å². The van der Waals surface area contributed by atoms with Crippen molar-refractivity contribution in [2.45, 2.75) is 0 Å². The number of hydrogen-bond acceptors (Lipinski definition) is 5. The molecule has 0 saturated heterocycles. The number of halogens is 1. The van der Waals surface area contributed by atoms with Gasteiger partial charge in [0.2, 0.25) is 5.91 Å². The molecule has 1 aromatic heterocycles. The molecule has 2 aromatic rings. The number of carbonyl (C=O) groups is 2. The maximum atomic E-state index is 12.1. The van der Waals surface area contributed by atoms with E-state index in [0.29, 0.717) is 10.6 Å². The molecule has 2 rings (SSSR count). The summed E-state index contributed by atoms with van der Waals surface area (Å²) >= 11 is 4.72. The zero-order valence-corrected chi connectivity index (χ0v) is 13.4. The molecule has 1 heterocycles. The zero-order valence-electron chi connectivity index (χ0n) is 11.0. The summed E-state index contributed by atoms with van der Waals surface area (Å²) in [6.45, 7) is 0.337. The smallest absolute Gasteiger partial charge is 0.263 e. The van der Waals surface area contributed by atoms with Crippen LogP contribution < -0.4 is 16.8 Å². The Morgan fingerprint density at radius 2 is 2.14 bits per heavy atom. The van der Waals surface area contributed by atoms with E-state index in [9.17, 15) is 9.59 Å². The molecule has 0 radical (unpaired) electrons. The van der Waals surface area contributed by atoms with Crippen molar-refractivity contribution in [3.63, 3.8) is 0 Å². The van der Waals surface area contributed by atoms with Crippen LogP contribution in [0.1, 0.15) is 9.67 Å². The van der Waals surface area contributed by atoms with E-state index in [0.717, 1.165) is 14.6 Å². The summed E-state index contributed by atoms with van der Waals surface area (Å²) in [7, 11) is 0. The second-order valence-electron chi connectivity index (χ2n) is 4.26. The number of fused-ring (bicyclic) bond motifs is 1. The summed E-state index contributed by atoms with van der Waals surface area (Å²) < 4.78 is 6.84. The van der Waals surface area contributed by atoms with Crippen molar-refractivity contribution in [3.05, 3.63) is 27.5 Å². The summed E-state index contributed by atoms with van der Waals surface area (Å²) in [5, 5.41) is 3.55. The predicted molar refractivity (Wildman–Crippen MR) is 86.3 cm³/mol. The van der Waals surface area contributed by atoms with Gasteiger partial charge in [0.15, 0.2) is 0 Å². The monoisotopic (exact) mass is 371 g/mol. The molecule has 21 heavy (non-hydrogen) atoms. The number of nitrogens with one attached hydrogen (secondary N) is 1. The highest BCUT2D eigenvalue weighted by molar-refractivity contribution is 9.10. The Labute approximate surface area is 133 Å². The van der Waals surface area contributed by atoms with Gasteiger partial charge in [-0.25, -0.2) is 0 Å². The lowest BCUT2D eigenvalue weighted by atomic mass is 10.2. The van der Waals surface area contributed by atoms with Gasteiger partial charge in [-0.3, -0.25) is 9.59 Å². The van der Waals surface area contributed by atoms with Gasteiger partial charge in [0.25, 0.3) is 5.91 Å². The van der Waals surface area contributed by atoms with Gasteiger partial charge < -0.3 is 21.5 Å². The maximum Gasteiger partial charge on any atom is 0.263 e. The fraction of sp³-hybridized carbons (Fsp3) is 0.231. The van der Waals surface area contributed by atoms with Gasteiger partial charge in [-0.15, -0.1) is 11.3 Å². The average Bonchev–Trinajstić information content (AvgIpc) is 2.74. The molecule has 0 aliphatic rings. The highest BCUT2D eigenvalue weighted by Gasteiger charge is 2.16. The molecular weight excluding hydrogens is 358 g/mol. The third kappa shape index (κ3) is 3.93. The van der Waals surface area contributed by atoms with E-state index in [1.165, 1.54) is 11.3 Å². The molecule has 0 aliphatic carbocycles. The van der Waals surface area contributed by atoms with Gasteiger partial charge in [-0.2, -0.15) is 0 Å². The fourth-order valence-electron chi connectivity index (χ4n) is 1.75. The molecule has 8 heteroatoms. The molecule has 2 amide bonds. The minimum absolute atomic E-state index is 0.158. The number of rotatable bonds is 6. The predicted octanol–water partition coefficient (Wildman–Crippen LogP) is 1.48. The van der Waals surface area contributed by atoms with Gasteiger partial charge in [0.1, 0.15) is 11.5 Å². The van der Waals surface area contributed by atoms with Crippen LogP contribution in [0.25, 0.3) is 10.1 Å². The second-order valence-corrected chi connectivity index (χ2v) is 6.23. The lowest BCUT2D eigenvalue weighted by Gasteiger charge is -2.04. The number of nitrogens with two attached hydrogens (primary N) is 2. The fourth-order valence-corrected chi connectivity index (χ4v) is 3.34. The van der Waals surface area contributed by atoms with E-state index < -0.39 is 5.91 Å². The van der Waals surface area contributed by atoms with Crippen LogP contribution in [0, 0.1) is 0 Å². The van der Waals surface area contributed by atoms with Gasteiger partial charge in [0.05, 0.1) is 12.3 Å². The van der Waals surface area contributed by atoms with Crippen LogP contribution in [0.4, 0.5) is 5.69 Å². The summed E-state index contributed by atoms with van der Waals surface area (Å²) in [5.41, 5.74) is 11.4. The van der Waals surface area contributed by atoms with E-state index >= 15 is 0 Å². The molecule has 0 spiro atoms. The topological polar surface area (TPSA) is 107 Å². The summed E-state index contributed by atoms with van der Waals surface area (Å²) in [4.78, 5) is 23.0. The number of hydrogen-bond donors (Lipinski definition) is 3. The van der Waals surface area contributed by atoms with Crippen LogP contribution in [-0.2, 0) is 9.53 Å². The van der Waals surface area contributed by atoms with Crippen molar-refractivity contribution in [2.24, 2.45) is 5.73 Å². The highest BCUT2D eigenvalue weighted by atomic mass is 79.9. The first-order valence-electron chi connectivity index (χ1n) is 6.11.